The minimum atomic E-state index is -1.35. The van der Waals surface area contributed by atoms with Gasteiger partial charge in [0.15, 0.2) is 4.90 Å². The van der Waals surface area contributed by atoms with Crippen LogP contribution in [0.5, 0.6) is 5.75 Å². The van der Waals surface area contributed by atoms with Gasteiger partial charge in [0.05, 0.1) is 13.0 Å². The van der Waals surface area contributed by atoms with Crippen LogP contribution in [0.3, 0.4) is 0 Å². The molecule has 2 N–H and O–H groups in total. The van der Waals surface area contributed by atoms with Gasteiger partial charge in [-0.15, -0.1) is 0 Å². The molecule has 0 heterocycles. The van der Waals surface area contributed by atoms with Gasteiger partial charge >= 0.3 is 0 Å². The average Bonchev–Trinajstić information content (AvgIpc) is 2.61. The van der Waals surface area contributed by atoms with E-state index < -0.39 is 23.0 Å². The molecule has 5 nitrogen and oxygen atoms in total. The van der Waals surface area contributed by atoms with Crippen LogP contribution in [0.2, 0.25) is 0 Å². The molecule has 2 aromatic rings. The summed E-state index contributed by atoms with van der Waals surface area (Å²) in [6.45, 7) is 0. The standard InChI is InChI=1S/C17H19NO4S/c1-22-15-7-9-16(10-8-15)23(21)12-14(17(19)18-20)11-13-5-3-2-4-6-13/h2-10,14,20H,11-12H2,1H3,(H,18,19). The molecule has 2 aromatic carbocycles. The number of methoxy groups -OCH3 is 1. The quantitative estimate of drug-likeness (QED) is 0.462. The molecule has 0 aromatic heterocycles. The van der Waals surface area contributed by atoms with Crippen LogP contribution in [-0.4, -0.2) is 28.5 Å². The molecule has 2 atom stereocenters. The topological polar surface area (TPSA) is 81.6 Å². The predicted octanol–water partition coefficient (Wildman–Crippen LogP) is 2.17. The fourth-order valence-corrected chi connectivity index (χ4v) is 3.49. The van der Waals surface area contributed by atoms with Gasteiger partial charge in [-0.2, -0.15) is 0 Å². The molecule has 0 radical (unpaired) electrons. The Hall–Kier alpha value is -2.02. The molecule has 0 saturated heterocycles. The Morgan fingerprint density at radius 2 is 1.87 bits per heavy atom. The monoisotopic (exact) mass is 333 g/mol. The first-order chi connectivity index (χ1) is 11.1. The lowest BCUT2D eigenvalue weighted by Crippen LogP contribution is -2.34. The highest BCUT2D eigenvalue weighted by Crippen LogP contribution is 2.20. The number of hydroxylamine groups is 1. The molecule has 122 valence electrons. The van der Waals surface area contributed by atoms with Crippen LogP contribution in [0.1, 0.15) is 5.56 Å². The molecule has 0 saturated carbocycles. The second-order valence-corrected chi connectivity index (χ2v) is 6.55. The summed E-state index contributed by atoms with van der Waals surface area (Å²) in [5.41, 5.74) is 2.62. The van der Waals surface area contributed by atoms with E-state index >= 15 is 0 Å². The van der Waals surface area contributed by atoms with Gasteiger partial charge in [-0.05, 0) is 47.4 Å². The van der Waals surface area contributed by atoms with E-state index in [9.17, 15) is 9.35 Å². The van der Waals surface area contributed by atoms with E-state index in [1.165, 1.54) is 0 Å². The summed E-state index contributed by atoms with van der Waals surface area (Å²) in [7, 11) is 1.56. The molecule has 2 rings (SSSR count). The maximum Gasteiger partial charge on any atom is 0.251 e. The summed E-state index contributed by atoms with van der Waals surface area (Å²) in [5, 5.41) is 8.92. The van der Waals surface area contributed by atoms with Crippen LogP contribution < -0.4 is 10.2 Å². The van der Waals surface area contributed by atoms with E-state index in [1.807, 2.05) is 30.3 Å². The van der Waals surface area contributed by atoms with Crippen molar-refractivity contribution in [3.63, 3.8) is 0 Å². The van der Waals surface area contributed by atoms with E-state index in [0.29, 0.717) is 17.1 Å². The van der Waals surface area contributed by atoms with Gasteiger partial charge < -0.3 is 9.29 Å². The second kappa shape index (κ2) is 8.57. The zero-order valence-corrected chi connectivity index (χ0v) is 13.6. The Morgan fingerprint density at radius 1 is 1.22 bits per heavy atom. The summed E-state index contributed by atoms with van der Waals surface area (Å²) >= 11 is -1.35. The highest BCUT2D eigenvalue weighted by molar-refractivity contribution is 7.91. The third-order valence-electron chi connectivity index (χ3n) is 3.48. The van der Waals surface area contributed by atoms with Crippen molar-refractivity contribution in [2.24, 2.45) is 5.92 Å². The van der Waals surface area contributed by atoms with Gasteiger partial charge in [-0.3, -0.25) is 10.0 Å². The Labute approximate surface area is 138 Å². The molecular weight excluding hydrogens is 314 g/mol. The third kappa shape index (κ3) is 4.99. The Bertz CT molecular complexity index is 618. The number of ether oxygens (including phenoxy) is 1. The zero-order valence-electron chi connectivity index (χ0n) is 12.8. The van der Waals surface area contributed by atoms with Gasteiger partial charge in [0.2, 0.25) is 0 Å². The van der Waals surface area contributed by atoms with Crippen LogP contribution in [0.25, 0.3) is 0 Å². The molecule has 0 spiro atoms. The number of benzene rings is 2. The third-order valence-corrected chi connectivity index (χ3v) is 4.98. The predicted molar refractivity (Wildman–Crippen MR) is 87.8 cm³/mol. The van der Waals surface area contributed by atoms with Crippen LogP contribution in [0.15, 0.2) is 59.5 Å². The number of carbonyl (C=O) groups is 1. The number of amides is 1. The molecule has 6 heteroatoms. The molecule has 0 aliphatic carbocycles. The fraction of sp³-hybridized carbons (Fsp3) is 0.235. The van der Waals surface area contributed by atoms with E-state index in [-0.39, 0.29) is 5.75 Å². The van der Waals surface area contributed by atoms with Gasteiger partial charge in [-0.1, -0.05) is 30.3 Å². The lowest BCUT2D eigenvalue weighted by Gasteiger charge is -2.18. The Kier molecular flexibility index (Phi) is 6.46. The molecule has 1 amide bonds. The lowest BCUT2D eigenvalue weighted by atomic mass is 10.0. The van der Waals surface area contributed by atoms with E-state index in [1.54, 1.807) is 36.9 Å². The summed E-state index contributed by atoms with van der Waals surface area (Å²) in [6, 6.07) is 16.3. The number of rotatable bonds is 7. The molecule has 0 bridgehead atoms. The van der Waals surface area contributed by atoms with Crippen LogP contribution in [0.4, 0.5) is 0 Å². The van der Waals surface area contributed by atoms with Crippen LogP contribution >= 0.6 is 0 Å². The van der Waals surface area contributed by atoms with Gasteiger partial charge in [-0.25, -0.2) is 5.48 Å². The SMILES string of the molecule is COc1ccc([S+]([O-])CC(Cc2ccccc2)C(=O)NO)cc1. The molecule has 0 fully saturated rings. The van der Waals surface area contributed by atoms with Crippen molar-refractivity contribution < 1.29 is 19.3 Å². The van der Waals surface area contributed by atoms with Crippen molar-refractivity contribution in [2.45, 2.75) is 11.3 Å². The highest BCUT2D eigenvalue weighted by atomic mass is 32.2. The van der Waals surface area contributed by atoms with E-state index in [0.717, 1.165) is 5.56 Å². The molecular formula is C17H19NO4S. The summed E-state index contributed by atoms with van der Waals surface area (Å²) in [5.74, 6) is -0.297. The van der Waals surface area contributed by atoms with Crippen molar-refractivity contribution in [2.75, 3.05) is 12.9 Å². The van der Waals surface area contributed by atoms with Crippen LogP contribution in [0, 0.1) is 5.92 Å². The summed E-state index contributed by atoms with van der Waals surface area (Å²) in [4.78, 5) is 12.5. The Balaban J connectivity index is 2.08. The zero-order chi connectivity index (χ0) is 16.7. The van der Waals surface area contributed by atoms with Crippen molar-refractivity contribution in [3.8, 4) is 5.75 Å². The van der Waals surface area contributed by atoms with Crippen LogP contribution in [-0.2, 0) is 22.4 Å². The van der Waals surface area contributed by atoms with Gasteiger partial charge in [0.1, 0.15) is 11.5 Å². The summed E-state index contributed by atoms with van der Waals surface area (Å²) < 4.78 is 17.5. The molecule has 0 aliphatic heterocycles. The largest absolute Gasteiger partial charge is 0.611 e. The molecule has 2 unspecified atom stereocenters. The minimum Gasteiger partial charge on any atom is -0.611 e. The lowest BCUT2D eigenvalue weighted by molar-refractivity contribution is -0.132. The number of nitrogens with one attached hydrogen (secondary N) is 1. The average molecular weight is 333 g/mol. The Morgan fingerprint density at radius 3 is 2.43 bits per heavy atom. The minimum absolute atomic E-state index is 0.133. The molecule has 0 aliphatic rings. The van der Waals surface area contributed by atoms with Crippen molar-refractivity contribution >= 4 is 17.1 Å². The van der Waals surface area contributed by atoms with E-state index in [4.69, 9.17) is 9.94 Å². The number of hydrogen-bond donors (Lipinski definition) is 2. The highest BCUT2D eigenvalue weighted by Gasteiger charge is 2.26. The van der Waals surface area contributed by atoms with E-state index in [2.05, 4.69) is 0 Å². The smallest absolute Gasteiger partial charge is 0.251 e. The van der Waals surface area contributed by atoms with Crippen molar-refractivity contribution in [3.05, 3.63) is 60.2 Å². The second-order valence-electron chi connectivity index (χ2n) is 5.05. The maximum absolute atomic E-state index is 12.5. The first-order valence-corrected chi connectivity index (χ1v) is 8.46. The van der Waals surface area contributed by atoms with Crippen molar-refractivity contribution in [1.82, 2.24) is 5.48 Å². The summed E-state index contributed by atoms with van der Waals surface area (Å²) in [6.07, 6.45) is 0.412. The first kappa shape index (κ1) is 17.3. The normalized spacial score (nSPS) is 13.2. The number of hydrogen-bond acceptors (Lipinski definition) is 4. The fourth-order valence-electron chi connectivity index (χ4n) is 2.22. The van der Waals surface area contributed by atoms with Gasteiger partial charge in [0.25, 0.3) is 5.91 Å². The van der Waals surface area contributed by atoms with Crippen molar-refractivity contribution in [1.29, 1.82) is 0 Å². The van der Waals surface area contributed by atoms with Gasteiger partial charge in [0, 0.05) is 0 Å². The maximum atomic E-state index is 12.5. The molecule has 23 heavy (non-hydrogen) atoms. The first-order valence-electron chi connectivity index (χ1n) is 7.14. The number of carbonyl (C=O) groups excluding carboxylic acids is 1.